The SMILES string of the molecule is CC(C)Oc1nc(N)nc2ncc(-c3ccc(F)cc3)nc12. The van der Waals surface area contributed by atoms with Crippen molar-refractivity contribution in [3.63, 3.8) is 0 Å². The maximum atomic E-state index is 13.0. The zero-order valence-electron chi connectivity index (χ0n) is 12.1. The molecule has 0 aliphatic rings. The lowest BCUT2D eigenvalue weighted by molar-refractivity contribution is 0.235. The maximum absolute atomic E-state index is 13.0. The summed E-state index contributed by atoms with van der Waals surface area (Å²) in [5.74, 6) is 0.0541. The molecule has 7 heteroatoms. The molecule has 2 aromatic heterocycles. The van der Waals surface area contributed by atoms with Crippen LogP contribution >= 0.6 is 0 Å². The molecule has 6 nitrogen and oxygen atoms in total. The summed E-state index contributed by atoms with van der Waals surface area (Å²) in [6, 6.07) is 6.00. The van der Waals surface area contributed by atoms with Crippen molar-refractivity contribution in [3.8, 4) is 17.1 Å². The van der Waals surface area contributed by atoms with Crippen molar-refractivity contribution in [2.75, 3.05) is 5.73 Å². The monoisotopic (exact) mass is 299 g/mol. The first-order chi connectivity index (χ1) is 10.5. The Balaban J connectivity index is 2.15. The largest absolute Gasteiger partial charge is 0.473 e. The van der Waals surface area contributed by atoms with Crippen LogP contribution in [0.4, 0.5) is 10.3 Å². The molecule has 2 N–H and O–H groups in total. The topological polar surface area (TPSA) is 86.8 Å². The molecule has 22 heavy (non-hydrogen) atoms. The van der Waals surface area contributed by atoms with E-state index in [-0.39, 0.29) is 23.7 Å². The number of benzene rings is 1. The number of fused-ring (bicyclic) bond motifs is 1. The van der Waals surface area contributed by atoms with Gasteiger partial charge in [-0.3, -0.25) is 0 Å². The van der Waals surface area contributed by atoms with E-state index in [1.807, 2.05) is 13.8 Å². The molecule has 0 radical (unpaired) electrons. The highest BCUT2D eigenvalue weighted by atomic mass is 19.1. The van der Waals surface area contributed by atoms with Gasteiger partial charge >= 0.3 is 0 Å². The second kappa shape index (κ2) is 5.51. The van der Waals surface area contributed by atoms with Crippen molar-refractivity contribution < 1.29 is 9.13 Å². The Morgan fingerprint density at radius 2 is 1.82 bits per heavy atom. The van der Waals surface area contributed by atoms with Crippen molar-refractivity contribution >= 4 is 17.1 Å². The molecule has 0 aliphatic heterocycles. The summed E-state index contributed by atoms with van der Waals surface area (Å²) in [7, 11) is 0. The molecule has 0 saturated heterocycles. The third-order valence-corrected chi connectivity index (χ3v) is 2.88. The lowest BCUT2D eigenvalue weighted by Gasteiger charge is -2.11. The van der Waals surface area contributed by atoms with E-state index in [4.69, 9.17) is 10.5 Å². The van der Waals surface area contributed by atoms with Crippen LogP contribution in [-0.4, -0.2) is 26.0 Å². The summed E-state index contributed by atoms with van der Waals surface area (Å²) in [6.45, 7) is 3.75. The number of halogens is 1. The maximum Gasteiger partial charge on any atom is 0.247 e. The van der Waals surface area contributed by atoms with Crippen LogP contribution in [-0.2, 0) is 0 Å². The number of nitrogen functional groups attached to an aromatic ring is 1. The highest BCUT2D eigenvalue weighted by Crippen LogP contribution is 2.24. The fourth-order valence-corrected chi connectivity index (χ4v) is 1.96. The summed E-state index contributed by atoms with van der Waals surface area (Å²) in [5, 5.41) is 0. The average molecular weight is 299 g/mol. The van der Waals surface area contributed by atoms with Gasteiger partial charge in [-0.2, -0.15) is 9.97 Å². The van der Waals surface area contributed by atoms with Crippen LogP contribution in [0.2, 0.25) is 0 Å². The Morgan fingerprint density at radius 3 is 2.50 bits per heavy atom. The minimum Gasteiger partial charge on any atom is -0.473 e. The molecule has 0 fully saturated rings. The second-order valence-electron chi connectivity index (χ2n) is 4.99. The Hall–Kier alpha value is -2.83. The van der Waals surface area contributed by atoms with Gasteiger partial charge in [0.05, 0.1) is 18.0 Å². The summed E-state index contributed by atoms with van der Waals surface area (Å²) in [4.78, 5) is 16.8. The van der Waals surface area contributed by atoms with Gasteiger partial charge in [-0.25, -0.2) is 14.4 Å². The Morgan fingerprint density at radius 1 is 1.09 bits per heavy atom. The van der Waals surface area contributed by atoms with E-state index in [1.54, 1.807) is 18.3 Å². The third kappa shape index (κ3) is 2.78. The first kappa shape index (κ1) is 14.1. The highest BCUT2D eigenvalue weighted by Gasteiger charge is 2.13. The molecule has 1 aromatic carbocycles. The normalized spacial score (nSPS) is 11.1. The van der Waals surface area contributed by atoms with E-state index in [0.717, 1.165) is 5.56 Å². The zero-order valence-corrected chi connectivity index (χ0v) is 12.1. The van der Waals surface area contributed by atoms with Gasteiger partial charge in [0.2, 0.25) is 11.8 Å². The van der Waals surface area contributed by atoms with E-state index < -0.39 is 0 Å². The first-order valence-corrected chi connectivity index (χ1v) is 6.76. The average Bonchev–Trinajstić information content (AvgIpc) is 2.47. The summed E-state index contributed by atoms with van der Waals surface area (Å²) < 4.78 is 18.6. The lowest BCUT2D eigenvalue weighted by Crippen LogP contribution is -2.10. The fraction of sp³-hybridized carbons (Fsp3) is 0.200. The van der Waals surface area contributed by atoms with Crippen molar-refractivity contribution in [2.24, 2.45) is 0 Å². The quantitative estimate of drug-likeness (QED) is 0.800. The molecule has 3 aromatic rings. The number of hydrogen-bond acceptors (Lipinski definition) is 6. The molecule has 3 rings (SSSR count). The lowest BCUT2D eigenvalue weighted by atomic mass is 10.1. The van der Waals surface area contributed by atoms with Crippen molar-refractivity contribution in [1.82, 2.24) is 19.9 Å². The molecular weight excluding hydrogens is 285 g/mol. The number of anilines is 1. The third-order valence-electron chi connectivity index (χ3n) is 2.88. The van der Waals surface area contributed by atoms with Crippen LogP contribution in [0, 0.1) is 5.82 Å². The molecule has 0 saturated carbocycles. The van der Waals surface area contributed by atoms with Crippen LogP contribution in [0.25, 0.3) is 22.4 Å². The predicted octanol–water partition coefficient (Wildman–Crippen LogP) is 2.60. The minimum absolute atomic E-state index is 0.0759. The predicted molar refractivity (Wildman–Crippen MR) is 80.7 cm³/mol. The fourth-order valence-electron chi connectivity index (χ4n) is 1.96. The smallest absolute Gasteiger partial charge is 0.247 e. The Bertz CT molecular complexity index is 820. The zero-order chi connectivity index (χ0) is 15.7. The first-order valence-electron chi connectivity index (χ1n) is 6.76. The van der Waals surface area contributed by atoms with Gasteiger partial charge in [-0.1, -0.05) is 0 Å². The molecule has 0 bridgehead atoms. The molecule has 2 heterocycles. The van der Waals surface area contributed by atoms with Crippen LogP contribution < -0.4 is 10.5 Å². The molecule has 0 atom stereocenters. The number of aromatic nitrogens is 4. The molecule has 112 valence electrons. The van der Waals surface area contributed by atoms with E-state index in [2.05, 4.69) is 19.9 Å². The number of ether oxygens (including phenoxy) is 1. The number of nitrogens with zero attached hydrogens (tertiary/aromatic N) is 4. The molecule has 0 unspecified atom stereocenters. The summed E-state index contributed by atoms with van der Waals surface area (Å²) in [5.41, 5.74) is 7.75. The molecule has 0 aliphatic carbocycles. The number of hydrogen-bond donors (Lipinski definition) is 1. The van der Waals surface area contributed by atoms with E-state index in [0.29, 0.717) is 16.9 Å². The van der Waals surface area contributed by atoms with Gasteiger partial charge in [-0.15, -0.1) is 0 Å². The van der Waals surface area contributed by atoms with Crippen LogP contribution in [0.15, 0.2) is 30.5 Å². The summed E-state index contributed by atoms with van der Waals surface area (Å²) >= 11 is 0. The van der Waals surface area contributed by atoms with Gasteiger partial charge in [0, 0.05) is 5.56 Å². The minimum atomic E-state index is -0.308. The van der Waals surface area contributed by atoms with Crippen molar-refractivity contribution in [1.29, 1.82) is 0 Å². The Labute approximate surface area is 126 Å². The van der Waals surface area contributed by atoms with Gasteiger partial charge < -0.3 is 10.5 Å². The summed E-state index contributed by atoms with van der Waals surface area (Å²) in [6.07, 6.45) is 1.47. The highest BCUT2D eigenvalue weighted by molar-refractivity contribution is 5.79. The molecule has 0 amide bonds. The van der Waals surface area contributed by atoms with Gasteiger partial charge in [0.15, 0.2) is 11.2 Å². The number of rotatable bonds is 3. The molecular formula is C15H14FN5O. The van der Waals surface area contributed by atoms with Gasteiger partial charge in [0.25, 0.3) is 0 Å². The van der Waals surface area contributed by atoms with E-state index in [1.165, 1.54) is 12.1 Å². The van der Waals surface area contributed by atoms with Gasteiger partial charge in [0.1, 0.15) is 5.82 Å². The van der Waals surface area contributed by atoms with Crippen LogP contribution in [0.3, 0.4) is 0 Å². The molecule has 0 spiro atoms. The van der Waals surface area contributed by atoms with Crippen LogP contribution in [0.1, 0.15) is 13.8 Å². The van der Waals surface area contributed by atoms with Crippen molar-refractivity contribution in [2.45, 2.75) is 20.0 Å². The van der Waals surface area contributed by atoms with Crippen LogP contribution in [0.5, 0.6) is 5.88 Å². The van der Waals surface area contributed by atoms with Gasteiger partial charge in [-0.05, 0) is 38.1 Å². The number of nitrogens with two attached hydrogens (primary N) is 1. The Kier molecular flexibility index (Phi) is 3.54. The van der Waals surface area contributed by atoms with E-state index >= 15 is 0 Å². The second-order valence-corrected chi connectivity index (χ2v) is 4.99. The standard InChI is InChI=1S/C15H14FN5O/c1-8(2)22-14-12-13(20-15(17)21-14)18-7-11(19-12)9-3-5-10(16)6-4-9/h3-8H,1-2H3,(H2,17,18,20,21). The van der Waals surface area contributed by atoms with E-state index in [9.17, 15) is 4.39 Å². The van der Waals surface area contributed by atoms with Crippen molar-refractivity contribution in [3.05, 3.63) is 36.3 Å².